The molecule has 0 atom stereocenters. The Kier molecular flexibility index (Phi) is 6.58. The Hall–Kier alpha value is -3.88. The van der Waals surface area contributed by atoms with E-state index in [9.17, 15) is 14.4 Å². The molecule has 33 heavy (non-hydrogen) atoms. The third kappa shape index (κ3) is 4.97. The monoisotopic (exact) mass is 448 g/mol. The van der Waals surface area contributed by atoms with E-state index in [-0.39, 0.29) is 17.8 Å². The van der Waals surface area contributed by atoms with Gasteiger partial charge < -0.3 is 15.5 Å². The average Bonchev–Trinajstić information content (AvgIpc) is 3.38. The molecule has 1 aliphatic heterocycles. The zero-order chi connectivity index (χ0) is 23.4. The van der Waals surface area contributed by atoms with Crippen molar-refractivity contribution in [1.82, 2.24) is 24.9 Å². The molecule has 172 valence electrons. The van der Waals surface area contributed by atoms with E-state index in [0.29, 0.717) is 61.7 Å². The van der Waals surface area contributed by atoms with E-state index in [4.69, 9.17) is 0 Å². The molecule has 1 saturated heterocycles. The first-order chi connectivity index (χ1) is 15.9. The predicted octanol–water partition coefficient (Wildman–Crippen LogP) is 1.99. The highest BCUT2D eigenvalue weighted by Crippen LogP contribution is 2.23. The summed E-state index contributed by atoms with van der Waals surface area (Å²) in [7, 11) is 1.73. The third-order valence-electron chi connectivity index (χ3n) is 5.80. The average molecular weight is 449 g/mol. The van der Waals surface area contributed by atoms with E-state index in [1.807, 2.05) is 37.3 Å². The smallest absolute Gasteiger partial charge is 0.317 e. The molecule has 2 N–H and O–H groups in total. The third-order valence-corrected chi connectivity index (χ3v) is 5.80. The van der Waals surface area contributed by atoms with E-state index in [2.05, 4.69) is 15.6 Å². The van der Waals surface area contributed by atoms with Crippen LogP contribution in [0, 0.1) is 6.92 Å². The summed E-state index contributed by atoms with van der Waals surface area (Å²) in [6, 6.07) is 13.3. The highest BCUT2D eigenvalue weighted by atomic mass is 16.2. The van der Waals surface area contributed by atoms with Gasteiger partial charge in [-0.3, -0.25) is 18.9 Å². The molecule has 0 radical (unpaired) electrons. The zero-order valence-corrected chi connectivity index (χ0v) is 18.9. The number of nitrogens with zero attached hydrogens (tertiary/aromatic N) is 4. The molecule has 2 aromatic heterocycles. The molecule has 3 aromatic rings. The molecule has 4 rings (SSSR count). The van der Waals surface area contributed by atoms with Crippen molar-refractivity contribution >= 4 is 29.3 Å². The van der Waals surface area contributed by atoms with Crippen molar-refractivity contribution in [2.45, 2.75) is 19.8 Å². The minimum Gasteiger partial charge on any atom is -0.350 e. The number of carbonyl (C=O) groups is 3. The lowest BCUT2D eigenvalue weighted by Gasteiger charge is -2.18. The lowest BCUT2D eigenvalue weighted by atomic mass is 10.1. The van der Waals surface area contributed by atoms with Crippen molar-refractivity contribution in [1.29, 1.82) is 0 Å². The number of fused-ring (bicyclic) bond motifs is 1. The van der Waals surface area contributed by atoms with Crippen molar-refractivity contribution in [3.05, 3.63) is 65.5 Å². The summed E-state index contributed by atoms with van der Waals surface area (Å²) in [4.78, 5) is 45.0. The summed E-state index contributed by atoms with van der Waals surface area (Å²) in [6.45, 7) is 3.93. The summed E-state index contributed by atoms with van der Waals surface area (Å²) in [5.41, 5.74) is 2.94. The van der Waals surface area contributed by atoms with Crippen LogP contribution in [-0.2, 0) is 11.2 Å². The fraction of sp³-hybridized carbons (Fsp3) is 0.333. The molecule has 0 unspecified atom stereocenters. The van der Waals surface area contributed by atoms with Crippen molar-refractivity contribution in [2.75, 3.05) is 38.1 Å². The van der Waals surface area contributed by atoms with Crippen LogP contribution in [0.5, 0.6) is 0 Å². The number of rotatable bonds is 8. The highest BCUT2D eigenvalue weighted by Gasteiger charge is 2.21. The Bertz CT molecular complexity index is 1170. The quantitative estimate of drug-likeness (QED) is 0.551. The Morgan fingerprint density at radius 3 is 2.70 bits per heavy atom. The molecule has 1 aromatic carbocycles. The van der Waals surface area contributed by atoms with Gasteiger partial charge in [-0.2, -0.15) is 0 Å². The second kappa shape index (κ2) is 9.72. The van der Waals surface area contributed by atoms with E-state index in [0.717, 1.165) is 5.56 Å². The molecular weight excluding hydrogens is 420 g/mol. The topological polar surface area (TPSA) is 99.1 Å². The number of aryl methyl sites for hydroxylation is 2. The minimum atomic E-state index is -0.244. The largest absolute Gasteiger partial charge is 0.350 e. The van der Waals surface area contributed by atoms with Gasteiger partial charge in [0.1, 0.15) is 11.5 Å². The van der Waals surface area contributed by atoms with Gasteiger partial charge >= 0.3 is 6.03 Å². The minimum absolute atomic E-state index is 0.0255. The van der Waals surface area contributed by atoms with Crippen LogP contribution in [0.1, 0.15) is 28.0 Å². The number of hydrogen-bond donors (Lipinski definition) is 2. The molecule has 9 nitrogen and oxygen atoms in total. The maximum absolute atomic E-state index is 12.9. The second-order valence-electron chi connectivity index (χ2n) is 8.08. The van der Waals surface area contributed by atoms with Crippen LogP contribution in [-0.4, -0.2) is 65.4 Å². The summed E-state index contributed by atoms with van der Waals surface area (Å²) in [6.07, 6.45) is 2.73. The fourth-order valence-corrected chi connectivity index (χ4v) is 4.00. The molecular formula is C24H28N6O3. The van der Waals surface area contributed by atoms with Crippen LogP contribution >= 0.6 is 0 Å². The molecule has 1 aliphatic rings. The van der Waals surface area contributed by atoms with Gasteiger partial charge in [-0.05, 0) is 31.0 Å². The first-order valence-corrected chi connectivity index (χ1v) is 11.0. The number of urea groups is 1. The Balaban J connectivity index is 1.45. The van der Waals surface area contributed by atoms with Crippen LogP contribution in [0.2, 0.25) is 0 Å². The maximum atomic E-state index is 12.9. The molecule has 9 heteroatoms. The number of anilines is 1. The lowest BCUT2D eigenvalue weighted by molar-refractivity contribution is -0.118. The molecule has 0 spiro atoms. The van der Waals surface area contributed by atoms with Crippen molar-refractivity contribution < 1.29 is 14.4 Å². The van der Waals surface area contributed by atoms with Gasteiger partial charge in [0, 0.05) is 45.8 Å². The fourth-order valence-electron chi connectivity index (χ4n) is 4.00. The summed E-state index contributed by atoms with van der Waals surface area (Å²) in [5, 5.41) is 5.59. The van der Waals surface area contributed by atoms with Gasteiger partial charge in [-0.25, -0.2) is 9.78 Å². The van der Waals surface area contributed by atoms with E-state index in [1.54, 1.807) is 39.6 Å². The van der Waals surface area contributed by atoms with E-state index >= 15 is 0 Å². The number of nitrogens with one attached hydrogen (secondary N) is 2. The molecule has 0 aliphatic carbocycles. The van der Waals surface area contributed by atoms with Crippen LogP contribution < -0.4 is 15.5 Å². The maximum Gasteiger partial charge on any atom is 0.317 e. The second-order valence-corrected chi connectivity index (χ2v) is 8.08. The summed E-state index contributed by atoms with van der Waals surface area (Å²) >= 11 is 0. The van der Waals surface area contributed by atoms with Gasteiger partial charge in [0.05, 0.1) is 11.3 Å². The van der Waals surface area contributed by atoms with Crippen molar-refractivity contribution in [3.8, 4) is 0 Å². The van der Waals surface area contributed by atoms with Crippen molar-refractivity contribution in [2.24, 2.45) is 0 Å². The summed E-state index contributed by atoms with van der Waals surface area (Å²) < 4.78 is 1.78. The summed E-state index contributed by atoms with van der Waals surface area (Å²) in [5.74, 6) is 0.376. The highest BCUT2D eigenvalue weighted by molar-refractivity contribution is 5.95. The Morgan fingerprint density at radius 1 is 1.18 bits per heavy atom. The Morgan fingerprint density at radius 2 is 1.97 bits per heavy atom. The normalized spacial score (nSPS) is 13.3. The molecule has 3 heterocycles. The SMILES string of the molecule is Cc1nc2ccc(C(=O)NCCN3CCNC3=O)cn2c1N(C)C(=O)CCc1ccccc1. The molecule has 0 bridgehead atoms. The number of aromatic nitrogens is 2. The van der Waals surface area contributed by atoms with Crippen molar-refractivity contribution in [3.63, 3.8) is 0 Å². The van der Waals surface area contributed by atoms with Crippen LogP contribution in [0.3, 0.4) is 0 Å². The number of carbonyl (C=O) groups excluding carboxylic acids is 3. The number of hydrogen-bond acceptors (Lipinski definition) is 4. The van der Waals surface area contributed by atoms with E-state index < -0.39 is 0 Å². The number of benzene rings is 1. The Labute approximate surface area is 192 Å². The molecule has 1 fully saturated rings. The van der Waals surface area contributed by atoms with Crippen LogP contribution in [0.4, 0.5) is 10.6 Å². The molecule has 0 saturated carbocycles. The van der Waals surface area contributed by atoms with Gasteiger partial charge in [0.25, 0.3) is 5.91 Å². The standard InChI is InChI=1S/C24H28N6O3/c1-17-23(28(2)21(31)11-8-18-6-4-3-5-7-18)30-16-19(9-10-20(30)27-17)22(32)25-12-14-29-15-13-26-24(29)33/h3-7,9-10,16H,8,11-15H2,1-2H3,(H,25,32)(H,26,33). The first kappa shape index (κ1) is 22.3. The number of pyridine rings is 1. The number of imidazole rings is 1. The van der Waals surface area contributed by atoms with Gasteiger partial charge in [0.2, 0.25) is 5.91 Å². The number of amides is 4. The van der Waals surface area contributed by atoms with Crippen LogP contribution in [0.15, 0.2) is 48.7 Å². The van der Waals surface area contributed by atoms with Gasteiger partial charge in [0.15, 0.2) is 0 Å². The van der Waals surface area contributed by atoms with Gasteiger partial charge in [-0.15, -0.1) is 0 Å². The zero-order valence-electron chi connectivity index (χ0n) is 18.9. The van der Waals surface area contributed by atoms with E-state index in [1.165, 1.54) is 0 Å². The van der Waals surface area contributed by atoms with Crippen LogP contribution in [0.25, 0.3) is 5.65 Å². The molecule has 4 amide bonds. The first-order valence-electron chi connectivity index (χ1n) is 11.0. The predicted molar refractivity (Wildman–Crippen MR) is 125 cm³/mol. The van der Waals surface area contributed by atoms with Gasteiger partial charge in [-0.1, -0.05) is 30.3 Å². The lowest BCUT2D eigenvalue weighted by Crippen LogP contribution is -2.36.